The molecule has 0 aliphatic heterocycles. The minimum absolute atomic E-state index is 0.00591. The van der Waals surface area contributed by atoms with Gasteiger partial charge in [-0.15, -0.1) is 0 Å². The van der Waals surface area contributed by atoms with Gasteiger partial charge in [-0.1, -0.05) is 41.9 Å². The molecule has 1 aromatic rings. The number of alkyl halides is 3. The van der Waals surface area contributed by atoms with Crippen molar-refractivity contribution >= 4 is 34.5 Å². The zero-order valence-corrected chi connectivity index (χ0v) is 18.0. The van der Waals surface area contributed by atoms with E-state index in [1.807, 2.05) is 13.8 Å². The zero-order valence-electron chi connectivity index (χ0n) is 15.6. The van der Waals surface area contributed by atoms with Gasteiger partial charge in [-0.2, -0.15) is 31.1 Å². The first-order chi connectivity index (χ1) is 13.0. The summed E-state index contributed by atoms with van der Waals surface area (Å²) in [6.45, 7) is 3.76. The van der Waals surface area contributed by atoms with Crippen LogP contribution in [0.4, 0.5) is 13.2 Å². The lowest BCUT2D eigenvalue weighted by atomic mass is 9.88. The van der Waals surface area contributed by atoms with Crippen LogP contribution < -0.4 is 10.6 Å². The number of hydrogen-bond donors (Lipinski definition) is 3. The second-order valence-corrected chi connectivity index (χ2v) is 8.71. The first-order valence-electron chi connectivity index (χ1n) is 8.95. The number of benzene rings is 1. The van der Waals surface area contributed by atoms with Gasteiger partial charge in [-0.05, 0) is 36.5 Å². The normalized spacial score (nSPS) is 18.8. The second kappa shape index (κ2) is 9.06. The Labute approximate surface area is 176 Å². The van der Waals surface area contributed by atoms with Crippen LogP contribution in [-0.4, -0.2) is 29.9 Å². The number of nitrogens with zero attached hydrogens (tertiary/aromatic N) is 1. The van der Waals surface area contributed by atoms with Gasteiger partial charge in [0.05, 0.1) is 17.5 Å². The van der Waals surface area contributed by atoms with Crippen molar-refractivity contribution in [2.24, 2.45) is 11.3 Å². The smallest absolute Gasteiger partial charge is 0.350 e. The summed E-state index contributed by atoms with van der Waals surface area (Å²) in [6.07, 6.45) is -3.23. The number of nitrogens with one attached hydrogen (secondary N) is 2. The summed E-state index contributed by atoms with van der Waals surface area (Å²) in [5, 5.41) is 14.6. The average Bonchev–Trinajstić information content (AvgIpc) is 3.41. The summed E-state index contributed by atoms with van der Waals surface area (Å²) >= 11 is 7.28. The number of amides is 1. The maximum absolute atomic E-state index is 13.6. The maximum Gasteiger partial charge on any atom is 0.407 e. The molecule has 0 bridgehead atoms. The molecule has 1 aliphatic carbocycles. The lowest BCUT2D eigenvalue weighted by molar-refractivity contribution is -0.160. The molecular formula is C19H23BrF3N3OS. The fraction of sp³-hybridized carbons (Fsp3) is 0.579. The Kier molecular flexibility index (Phi) is 7.45. The van der Waals surface area contributed by atoms with Crippen molar-refractivity contribution in [3.05, 3.63) is 34.3 Å². The van der Waals surface area contributed by atoms with E-state index in [1.165, 1.54) is 24.3 Å². The van der Waals surface area contributed by atoms with E-state index in [0.717, 1.165) is 0 Å². The van der Waals surface area contributed by atoms with Crippen LogP contribution >= 0.6 is 28.6 Å². The van der Waals surface area contributed by atoms with E-state index in [2.05, 4.69) is 45.3 Å². The summed E-state index contributed by atoms with van der Waals surface area (Å²) in [7, 11) is 0. The van der Waals surface area contributed by atoms with Crippen LogP contribution in [0, 0.1) is 22.7 Å². The van der Waals surface area contributed by atoms with Crippen LogP contribution in [-0.2, 0) is 4.79 Å². The first kappa shape index (κ1) is 23.0. The molecule has 1 fully saturated rings. The molecule has 0 heterocycles. The minimum Gasteiger partial charge on any atom is -0.350 e. The van der Waals surface area contributed by atoms with E-state index in [4.69, 9.17) is 0 Å². The quantitative estimate of drug-likeness (QED) is 0.486. The van der Waals surface area contributed by atoms with E-state index >= 15 is 0 Å². The summed E-state index contributed by atoms with van der Waals surface area (Å²) < 4.78 is 41.6. The first-order valence-corrected chi connectivity index (χ1v) is 10.4. The molecule has 3 atom stereocenters. The average molecular weight is 478 g/mol. The summed E-state index contributed by atoms with van der Waals surface area (Å²) in [5.74, 6) is -0.711. The van der Waals surface area contributed by atoms with Crippen LogP contribution in [0.25, 0.3) is 0 Å². The Balaban J connectivity index is 2.18. The third kappa shape index (κ3) is 5.43. The molecule has 1 saturated carbocycles. The van der Waals surface area contributed by atoms with Gasteiger partial charge in [-0.25, -0.2) is 0 Å². The number of halogens is 4. The molecule has 4 nitrogen and oxygen atoms in total. The Morgan fingerprint density at radius 1 is 1.32 bits per heavy atom. The lowest BCUT2D eigenvalue weighted by Crippen LogP contribution is -2.54. The summed E-state index contributed by atoms with van der Waals surface area (Å²) in [6, 6.07) is 4.42. The van der Waals surface area contributed by atoms with Crippen molar-refractivity contribution in [1.29, 1.82) is 5.26 Å². The number of rotatable bonds is 8. The van der Waals surface area contributed by atoms with E-state index in [0.29, 0.717) is 17.3 Å². The van der Waals surface area contributed by atoms with Crippen molar-refractivity contribution < 1.29 is 18.0 Å². The fourth-order valence-electron chi connectivity index (χ4n) is 3.27. The predicted molar refractivity (Wildman–Crippen MR) is 108 cm³/mol. The van der Waals surface area contributed by atoms with Gasteiger partial charge in [0.1, 0.15) is 6.04 Å². The van der Waals surface area contributed by atoms with Gasteiger partial charge in [0.2, 0.25) is 5.91 Å². The van der Waals surface area contributed by atoms with Crippen LogP contribution in [0.3, 0.4) is 0 Å². The van der Waals surface area contributed by atoms with Crippen LogP contribution in [0.5, 0.6) is 0 Å². The Hall–Kier alpha value is -1.24. The number of nitriles is 1. The zero-order chi connectivity index (χ0) is 21.1. The van der Waals surface area contributed by atoms with E-state index in [1.54, 1.807) is 0 Å². The number of hydrogen-bond acceptors (Lipinski definition) is 4. The molecule has 0 saturated heterocycles. The van der Waals surface area contributed by atoms with Crippen LogP contribution in [0.2, 0.25) is 0 Å². The maximum atomic E-state index is 13.6. The molecule has 154 valence electrons. The van der Waals surface area contributed by atoms with Crippen LogP contribution in [0.15, 0.2) is 28.7 Å². The third-order valence-electron chi connectivity index (χ3n) is 4.97. The van der Waals surface area contributed by atoms with Crippen LogP contribution in [0.1, 0.15) is 38.3 Å². The van der Waals surface area contributed by atoms with Gasteiger partial charge in [0, 0.05) is 16.3 Å². The highest BCUT2D eigenvalue weighted by Gasteiger charge is 2.52. The minimum atomic E-state index is -4.59. The Morgan fingerprint density at radius 3 is 2.29 bits per heavy atom. The fourth-order valence-corrected chi connectivity index (χ4v) is 3.81. The number of carbonyl (C=O) groups is 1. The topological polar surface area (TPSA) is 64.9 Å². The molecule has 28 heavy (non-hydrogen) atoms. The molecule has 0 spiro atoms. The van der Waals surface area contributed by atoms with Crippen molar-refractivity contribution in [3.8, 4) is 6.07 Å². The standard InChI is InChI=1S/C19H23BrF3N3OS/c1-11(2)15(18(10-24)7-8-18)26-17(27)14(9-28)25-16(19(21,22)23)12-3-5-13(20)6-4-12/h3-6,11,14-16,25,28H,7-9H2,1-2H3,(H,26,27)/t14-,15-,16-/m0/s1. The van der Waals surface area contributed by atoms with Crippen molar-refractivity contribution in [2.75, 3.05) is 5.75 Å². The second-order valence-electron chi connectivity index (χ2n) is 7.43. The molecule has 1 amide bonds. The molecule has 1 aliphatic rings. The molecule has 2 rings (SSSR count). The highest BCUT2D eigenvalue weighted by Crippen LogP contribution is 2.50. The van der Waals surface area contributed by atoms with Gasteiger partial charge < -0.3 is 5.32 Å². The molecule has 0 unspecified atom stereocenters. The van der Waals surface area contributed by atoms with E-state index in [-0.39, 0.29) is 17.2 Å². The Bertz CT molecular complexity index is 729. The molecule has 0 aromatic heterocycles. The summed E-state index contributed by atoms with van der Waals surface area (Å²) in [5.41, 5.74) is -0.619. The van der Waals surface area contributed by atoms with E-state index < -0.39 is 35.6 Å². The van der Waals surface area contributed by atoms with Gasteiger partial charge in [0.15, 0.2) is 0 Å². The SMILES string of the molecule is CC(C)[C@H](NC(=O)[C@H](CS)N[C@@H](c1ccc(Br)cc1)C(F)(F)F)C1(C#N)CC1. The summed E-state index contributed by atoms with van der Waals surface area (Å²) in [4.78, 5) is 12.7. The third-order valence-corrected chi connectivity index (χ3v) is 5.86. The predicted octanol–water partition coefficient (Wildman–Crippen LogP) is 4.39. The van der Waals surface area contributed by atoms with Gasteiger partial charge in [0.25, 0.3) is 0 Å². The van der Waals surface area contributed by atoms with E-state index in [9.17, 15) is 23.2 Å². The van der Waals surface area contributed by atoms with Crippen molar-refractivity contribution in [1.82, 2.24) is 10.6 Å². The van der Waals surface area contributed by atoms with Gasteiger partial charge >= 0.3 is 6.18 Å². The highest BCUT2D eigenvalue weighted by molar-refractivity contribution is 9.10. The molecule has 9 heteroatoms. The molecule has 0 radical (unpaired) electrons. The lowest BCUT2D eigenvalue weighted by Gasteiger charge is -2.31. The number of carbonyl (C=O) groups excluding carboxylic acids is 1. The van der Waals surface area contributed by atoms with Gasteiger partial charge in [-0.3, -0.25) is 10.1 Å². The molecule has 1 aromatic carbocycles. The highest BCUT2D eigenvalue weighted by atomic mass is 79.9. The van der Waals surface area contributed by atoms with Crippen molar-refractivity contribution in [2.45, 2.75) is 51.0 Å². The monoisotopic (exact) mass is 477 g/mol. The number of thiol groups is 1. The molecule has 2 N–H and O–H groups in total. The van der Waals surface area contributed by atoms with Crippen molar-refractivity contribution in [3.63, 3.8) is 0 Å². The largest absolute Gasteiger partial charge is 0.407 e. The Morgan fingerprint density at radius 2 is 1.89 bits per heavy atom. The molecular weight excluding hydrogens is 455 g/mol.